The first-order valence-corrected chi connectivity index (χ1v) is 7.44. The molecule has 0 aliphatic rings. The second-order valence-corrected chi connectivity index (χ2v) is 5.13. The normalized spacial score (nSPS) is 10.0. The van der Waals surface area contributed by atoms with Crippen molar-refractivity contribution in [2.75, 3.05) is 29.0 Å². The van der Waals surface area contributed by atoms with E-state index in [0.717, 1.165) is 16.6 Å². The Kier molecular flexibility index (Phi) is 4.54. The molecule has 0 unspecified atom stereocenters. The van der Waals surface area contributed by atoms with E-state index in [1.807, 2.05) is 42.5 Å². The third kappa shape index (κ3) is 3.23. The minimum absolute atomic E-state index is 0.00635. The lowest BCUT2D eigenvalue weighted by atomic mass is 10.2. The third-order valence-electron chi connectivity index (χ3n) is 3.58. The monoisotopic (exact) mass is 330 g/mol. The number of hydrogen-bond acceptors (Lipinski definition) is 8. The van der Waals surface area contributed by atoms with E-state index in [4.69, 9.17) is 16.3 Å². The summed E-state index contributed by atoms with van der Waals surface area (Å²) in [4.78, 5) is 14.1. The maximum atomic E-state index is 8.93. The van der Waals surface area contributed by atoms with Crippen molar-refractivity contribution in [3.05, 3.63) is 42.9 Å². The summed E-state index contributed by atoms with van der Waals surface area (Å²) in [5, 5.41) is 22.0. The molecule has 122 valence electrons. The topological polar surface area (TPSA) is 128 Å². The summed E-state index contributed by atoms with van der Waals surface area (Å²) in [5.74, 6) is 0.751. The van der Waals surface area contributed by atoms with Gasteiger partial charge in [-0.1, -0.05) is 6.07 Å². The predicted molar refractivity (Wildman–Crippen MR) is 94.9 cm³/mol. The molecule has 0 saturated heterocycles. The van der Waals surface area contributed by atoms with Gasteiger partial charge in [-0.05, 0) is 24.3 Å². The van der Waals surface area contributed by atoms with E-state index in [9.17, 15) is 0 Å². The Morgan fingerprint density at radius 3 is 2.60 bits per heavy atom. The zero-order valence-corrected chi connectivity index (χ0v) is 13.2. The number of nitrogens with zero attached hydrogens (tertiary/aromatic N) is 6. The first kappa shape index (κ1) is 16.0. The van der Waals surface area contributed by atoms with Crippen LogP contribution in [0, 0.1) is 22.7 Å². The summed E-state index contributed by atoms with van der Waals surface area (Å²) in [6.45, 7) is 0.0127. The van der Waals surface area contributed by atoms with Gasteiger partial charge in [-0.25, -0.2) is 9.97 Å². The van der Waals surface area contributed by atoms with Crippen LogP contribution in [-0.2, 0) is 0 Å². The van der Waals surface area contributed by atoms with Crippen LogP contribution < -0.4 is 16.0 Å². The predicted octanol–water partition coefficient (Wildman–Crippen LogP) is 2.20. The lowest BCUT2D eigenvalue weighted by Crippen LogP contribution is -2.26. The number of fused-ring (bicyclic) bond motifs is 1. The van der Waals surface area contributed by atoms with Crippen LogP contribution in [0.1, 0.15) is 0 Å². The van der Waals surface area contributed by atoms with E-state index in [-0.39, 0.29) is 18.8 Å². The van der Waals surface area contributed by atoms with Crippen LogP contribution >= 0.6 is 0 Å². The van der Waals surface area contributed by atoms with Crippen molar-refractivity contribution >= 4 is 33.9 Å². The second-order valence-electron chi connectivity index (χ2n) is 5.13. The van der Waals surface area contributed by atoms with Crippen LogP contribution in [0.25, 0.3) is 10.9 Å². The summed E-state index contributed by atoms with van der Waals surface area (Å²) < 4.78 is 0. The number of hydrogen-bond donors (Lipinski definition) is 2. The number of anilines is 4. The van der Waals surface area contributed by atoms with E-state index < -0.39 is 0 Å². The van der Waals surface area contributed by atoms with Crippen LogP contribution in [0.3, 0.4) is 0 Å². The molecule has 3 N–H and O–H groups in total. The quantitative estimate of drug-likeness (QED) is 0.681. The molecule has 0 bridgehead atoms. The molecular weight excluding hydrogens is 316 g/mol. The number of aromatic nitrogens is 3. The van der Waals surface area contributed by atoms with E-state index in [0.29, 0.717) is 11.6 Å². The number of rotatable bonds is 5. The highest BCUT2D eigenvalue weighted by Crippen LogP contribution is 2.30. The van der Waals surface area contributed by atoms with Gasteiger partial charge in [0.05, 0.1) is 17.7 Å². The van der Waals surface area contributed by atoms with Gasteiger partial charge in [0, 0.05) is 17.3 Å². The second kappa shape index (κ2) is 7.11. The Morgan fingerprint density at radius 1 is 1.04 bits per heavy atom. The molecule has 2 aromatic heterocycles. The van der Waals surface area contributed by atoms with Crippen molar-refractivity contribution in [1.29, 1.82) is 10.5 Å². The molecule has 3 rings (SSSR count). The van der Waals surface area contributed by atoms with Crippen LogP contribution in [0.4, 0.5) is 23.0 Å². The molecule has 0 fully saturated rings. The van der Waals surface area contributed by atoms with Crippen molar-refractivity contribution in [1.82, 2.24) is 15.0 Å². The number of pyridine rings is 1. The summed E-state index contributed by atoms with van der Waals surface area (Å²) in [6, 6.07) is 13.5. The Hall–Kier alpha value is -3.91. The maximum absolute atomic E-state index is 8.93. The standard InChI is InChI=1S/C17H14N8/c18-6-9-25(10-7-19)17-15(20)16(22-11-23-17)24-14-5-1-4-13-12(14)3-2-8-21-13/h1-5,8,11H,9-10,20H2,(H,22,23,24). The zero-order valence-electron chi connectivity index (χ0n) is 13.2. The van der Waals surface area contributed by atoms with Crippen molar-refractivity contribution in [2.45, 2.75) is 0 Å². The smallest absolute Gasteiger partial charge is 0.159 e. The fourth-order valence-electron chi connectivity index (χ4n) is 2.45. The van der Waals surface area contributed by atoms with Crippen molar-refractivity contribution in [3.8, 4) is 12.1 Å². The van der Waals surface area contributed by atoms with E-state index in [1.54, 1.807) is 6.20 Å². The van der Waals surface area contributed by atoms with Gasteiger partial charge in [0.15, 0.2) is 11.6 Å². The van der Waals surface area contributed by atoms with Gasteiger partial charge < -0.3 is 16.0 Å². The van der Waals surface area contributed by atoms with Gasteiger partial charge in [0.2, 0.25) is 0 Å². The average molecular weight is 330 g/mol. The van der Waals surface area contributed by atoms with E-state index in [1.165, 1.54) is 11.2 Å². The Morgan fingerprint density at radius 2 is 1.84 bits per heavy atom. The van der Waals surface area contributed by atoms with E-state index in [2.05, 4.69) is 20.3 Å². The summed E-state index contributed by atoms with van der Waals surface area (Å²) >= 11 is 0. The molecule has 8 nitrogen and oxygen atoms in total. The Labute approximate surface area is 144 Å². The molecule has 0 radical (unpaired) electrons. The van der Waals surface area contributed by atoms with Crippen LogP contribution in [0.5, 0.6) is 0 Å². The summed E-state index contributed by atoms with van der Waals surface area (Å²) in [7, 11) is 0. The van der Waals surface area contributed by atoms with Gasteiger partial charge in [0.1, 0.15) is 25.1 Å². The highest BCUT2D eigenvalue weighted by atomic mass is 15.2. The van der Waals surface area contributed by atoms with Crippen molar-refractivity contribution in [3.63, 3.8) is 0 Å². The minimum atomic E-state index is 0.00635. The first-order chi connectivity index (χ1) is 12.2. The summed E-state index contributed by atoms with van der Waals surface area (Å²) in [6.07, 6.45) is 3.07. The highest BCUT2D eigenvalue weighted by Gasteiger charge is 2.15. The molecule has 25 heavy (non-hydrogen) atoms. The van der Waals surface area contributed by atoms with Gasteiger partial charge >= 0.3 is 0 Å². The molecule has 0 saturated carbocycles. The molecule has 1 aromatic carbocycles. The molecule has 0 atom stereocenters. The number of nitrogens with two attached hydrogens (primary N) is 1. The lowest BCUT2D eigenvalue weighted by molar-refractivity contribution is 0.930. The number of nitriles is 2. The number of nitrogen functional groups attached to an aromatic ring is 1. The molecule has 3 aromatic rings. The van der Waals surface area contributed by atoms with Crippen molar-refractivity contribution in [2.24, 2.45) is 0 Å². The van der Waals surface area contributed by atoms with Crippen LogP contribution in [0.2, 0.25) is 0 Å². The van der Waals surface area contributed by atoms with Gasteiger partial charge in [0.25, 0.3) is 0 Å². The molecule has 0 aliphatic heterocycles. The molecular formula is C17H14N8. The Balaban J connectivity index is 2.00. The maximum Gasteiger partial charge on any atom is 0.159 e. The molecule has 8 heteroatoms. The van der Waals surface area contributed by atoms with Gasteiger partial charge in [-0.3, -0.25) is 4.98 Å². The number of benzene rings is 1. The fraction of sp³-hybridized carbons (Fsp3) is 0.118. The average Bonchev–Trinajstić information content (AvgIpc) is 2.64. The lowest BCUT2D eigenvalue weighted by Gasteiger charge is -2.20. The minimum Gasteiger partial charge on any atom is -0.393 e. The van der Waals surface area contributed by atoms with Gasteiger partial charge in [-0.15, -0.1) is 0 Å². The number of nitrogens with one attached hydrogen (secondary N) is 1. The SMILES string of the molecule is N#CCN(CC#N)c1ncnc(Nc2cccc3ncccc23)c1N. The zero-order chi connectivity index (χ0) is 17.6. The van der Waals surface area contributed by atoms with Crippen LogP contribution in [-0.4, -0.2) is 28.0 Å². The van der Waals surface area contributed by atoms with Gasteiger partial charge in [-0.2, -0.15) is 10.5 Å². The largest absolute Gasteiger partial charge is 0.393 e. The highest BCUT2D eigenvalue weighted by molar-refractivity contribution is 5.94. The van der Waals surface area contributed by atoms with E-state index >= 15 is 0 Å². The summed E-state index contributed by atoms with van der Waals surface area (Å²) in [5.41, 5.74) is 8.09. The Bertz CT molecular complexity index is 965. The fourth-order valence-corrected chi connectivity index (χ4v) is 2.45. The third-order valence-corrected chi connectivity index (χ3v) is 3.58. The first-order valence-electron chi connectivity index (χ1n) is 7.44. The molecule has 0 amide bonds. The molecule has 2 heterocycles. The van der Waals surface area contributed by atoms with Crippen molar-refractivity contribution < 1.29 is 0 Å². The van der Waals surface area contributed by atoms with Crippen LogP contribution in [0.15, 0.2) is 42.9 Å². The molecule has 0 spiro atoms. The molecule has 0 aliphatic carbocycles.